The topological polar surface area (TPSA) is 55.8 Å². The third-order valence-corrected chi connectivity index (χ3v) is 2.44. The Bertz CT molecular complexity index is 447. The van der Waals surface area contributed by atoms with Crippen molar-refractivity contribution in [2.75, 3.05) is 19.8 Å². The highest BCUT2D eigenvalue weighted by Crippen LogP contribution is 2.08. The first-order valence-corrected chi connectivity index (χ1v) is 6.38. The van der Waals surface area contributed by atoms with Crippen LogP contribution in [0.3, 0.4) is 0 Å². The zero-order valence-corrected chi connectivity index (χ0v) is 11.6. The van der Waals surface area contributed by atoms with E-state index < -0.39 is 12.1 Å². The van der Waals surface area contributed by atoms with Crippen LogP contribution >= 0.6 is 0 Å². The highest BCUT2D eigenvalue weighted by atomic mass is 19.1. The number of rotatable bonds is 6. The first kappa shape index (κ1) is 15.9. The summed E-state index contributed by atoms with van der Waals surface area (Å²) < 4.78 is 22.5. The number of nitrogens with zero attached hydrogens (tertiary/aromatic N) is 1. The number of hydrogen-bond acceptors (Lipinski definition) is 4. The fourth-order valence-corrected chi connectivity index (χ4v) is 1.57. The molecule has 0 aliphatic heterocycles. The average Bonchev–Trinajstić information content (AvgIpc) is 2.41. The maximum Gasteiger partial charge on any atom is 0.410 e. The predicted molar refractivity (Wildman–Crippen MR) is 70.5 cm³/mol. The lowest BCUT2D eigenvalue weighted by atomic mass is 10.2. The normalized spacial score (nSPS) is 9.95. The molecule has 0 unspecified atom stereocenters. The highest BCUT2D eigenvalue weighted by molar-refractivity contribution is 5.78. The molecule has 5 nitrogen and oxygen atoms in total. The van der Waals surface area contributed by atoms with E-state index in [1.54, 1.807) is 26.0 Å². The number of ether oxygens (including phenoxy) is 2. The summed E-state index contributed by atoms with van der Waals surface area (Å²) in [6.45, 7) is 3.76. The fraction of sp³-hybridized carbons (Fsp3) is 0.429. The summed E-state index contributed by atoms with van der Waals surface area (Å²) in [6.07, 6.45) is -0.607. The van der Waals surface area contributed by atoms with Gasteiger partial charge in [-0.25, -0.2) is 9.18 Å². The fourth-order valence-electron chi connectivity index (χ4n) is 1.57. The summed E-state index contributed by atoms with van der Waals surface area (Å²) >= 11 is 0. The minimum absolute atomic E-state index is 0.151. The molecule has 1 aromatic carbocycles. The summed E-state index contributed by atoms with van der Waals surface area (Å²) in [5.74, 6) is -0.871. The molecule has 20 heavy (non-hydrogen) atoms. The van der Waals surface area contributed by atoms with Crippen molar-refractivity contribution in [2.24, 2.45) is 0 Å². The van der Waals surface area contributed by atoms with E-state index in [4.69, 9.17) is 9.47 Å². The SMILES string of the molecule is CCOC(=O)CN(Cc1ccc(F)cc1)C(=O)OCC. The summed E-state index contributed by atoms with van der Waals surface area (Å²) in [5, 5.41) is 0. The van der Waals surface area contributed by atoms with Crippen LogP contribution in [-0.2, 0) is 20.8 Å². The second-order valence-electron chi connectivity index (χ2n) is 3.99. The van der Waals surface area contributed by atoms with E-state index in [2.05, 4.69) is 0 Å². The van der Waals surface area contributed by atoms with Gasteiger partial charge in [-0.2, -0.15) is 0 Å². The van der Waals surface area contributed by atoms with Gasteiger partial charge in [-0.3, -0.25) is 9.69 Å². The molecule has 0 aliphatic rings. The average molecular weight is 283 g/mol. The van der Waals surface area contributed by atoms with Crippen LogP contribution in [0.15, 0.2) is 24.3 Å². The number of benzene rings is 1. The molecule has 1 amide bonds. The standard InChI is InChI=1S/C14H18FNO4/c1-3-19-13(17)10-16(14(18)20-4-2)9-11-5-7-12(15)8-6-11/h5-8H,3-4,9-10H2,1-2H3. The molecule has 0 bridgehead atoms. The Kier molecular flexibility index (Phi) is 6.49. The van der Waals surface area contributed by atoms with Gasteiger partial charge in [-0.15, -0.1) is 0 Å². The molecule has 1 rings (SSSR count). The Balaban J connectivity index is 2.73. The van der Waals surface area contributed by atoms with Gasteiger partial charge in [0.1, 0.15) is 12.4 Å². The number of hydrogen-bond donors (Lipinski definition) is 0. The van der Waals surface area contributed by atoms with Crippen LogP contribution in [0.4, 0.5) is 9.18 Å². The van der Waals surface area contributed by atoms with Crippen molar-refractivity contribution < 1.29 is 23.5 Å². The summed E-state index contributed by atoms with van der Waals surface area (Å²) in [4.78, 5) is 24.5. The highest BCUT2D eigenvalue weighted by Gasteiger charge is 2.19. The van der Waals surface area contributed by atoms with E-state index in [1.807, 2.05) is 0 Å². The zero-order chi connectivity index (χ0) is 15.0. The first-order valence-electron chi connectivity index (χ1n) is 6.38. The monoisotopic (exact) mass is 283 g/mol. The molecule has 0 fully saturated rings. The maximum absolute atomic E-state index is 12.8. The maximum atomic E-state index is 12.8. The smallest absolute Gasteiger partial charge is 0.410 e. The van der Waals surface area contributed by atoms with Gasteiger partial charge < -0.3 is 9.47 Å². The third kappa shape index (κ3) is 5.26. The van der Waals surface area contributed by atoms with Crippen LogP contribution in [0.2, 0.25) is 0 Å². The molecule has 1 aromatic rings. The van der Waals surface area contributed by atoms with Crippen molar-refractivity contribution in [1.82, 2.24) is 4.90 Å². The largest absolute Gasteiger partial charge is 0.465 e. The van der Waals surface area contributed by atoms with Gasteiger partial charge in [0.25, 0.3) is 0 Å². The van der Waals surface area contributed by atoms with Crippen molar-refractivity contribution >= 4 is 12.1 Å². The Morgan fingerprint density at radius 1 is 1.10 bits per heavy atom. The second kappa shape index (κ2) is 8.14. The molecular formula is C14H18FNO4. The Hall–Kier alpha value is -2.11. The lowest BCUT2D eigenvalue weighted by molar-refractivity contribution is -0.144. The van der Waals surface area contributed by atoms with E-state index in [9.17, 15) is 14.0 Å². The Labute approximate surface area is 117 Å². The van der Waals surface area contributed by atoms with E-state index in [0.717, 1.165) is 0 Å². The van der Waals surface area contributed by atoms with Gasteiger partial charge >= 0.3 is 12.1 Å². The lowest BCUT2D eigenvalue weighted by Crippen LogP contribution is -2.36. The van der Waals surface area contributed by atoms with Gasteiger partial charge in [0, 0.05) is 6.54 Å². The van der Waals surface area contributed by atoms with Gasteiger partial charge in [0.15, 0.2) is 0 Å². The zero-order valence-electron chi connectivity index (χ0n) is 11.6. The van der Waals surface area contributed by atoms with Crippen LogP contribution < -0.4 is 0 Å². The molecule has 0 saturated heterocycles. The molecule has 0 aliphatic carbocycles. The van der Waals surface area contributed by atoms with Crippen molar-refractivity contribution in [2.45, 2.75) is 20.4 Å². The van der Waals surface area contributed by atoms with Crippen LogP contribution in [0.25, 0.3) is 0 Å². The molecule has 0 aromatic heterocycles. The third-order valence-electron chi connectivity index (χ3n) is 2.44. The van der Waals surface area contributed by atoms with Crippen molar-refractivity contribution in [3.8, 4) is 0 Å². The van der Waals surface area contributed by atoms with E-state index in [-0.39, 0.29) is 32.1 Å². The summed E-state index contributed by atoms with van der Waals surface area (Å²) in [6, 6.07) is 5.69. The number of esters is 1. The van der Waals surface area contributed by atoms with Gasteiger partial charge in [0.05, 0.1) is 13.2 Å². The summed E-state index contributed by atoms with van der Waals surface area (Å²) in [5.41, 5.74) is 0.698. The Morgan fingerprint density at radius 2 is 1.70 bits per heavy atom. The van der Waals surface area contributed by atoms with E-state index >= 15 is 0 Å². The molecule has 0 N–H and O–H groups in total. The van der Waals surface area contributed by atoms with Crippen LogP contribution in [0.1, 0.15) is 19.4 Å². The molecule has 0 spiro atoms. The van der Waals surface area contributed by atoms with Gasteiger partial charge in [-0.05, 0) is 31.5 Å². The number of halogens is 1. The van der Waals surface area contributed by atoms with Crippen LogP contribution in [0.5, 0.6) is 0 Å². The number of carbonyl (C=O) groups excluding carboxylic acids is 2. The molecule has 110 valence electrons. The van der Waals surface area contributed by atoms with E-state index in [1.165, 1.54) is 17.0 Å². The molecule has 0 heterocycles. The molecule has 0 atom stereocenters. The minimum Gasteiger partial charge on any atom is -0.465 e. The molecule has 6 heteroatoms. The van der Waals surface area contributed by atoms with Crippen LogP contribution in [-0.4, -0.2) is 36.7 Å². The number of amides is 1. The quantitative estimate of drug-likeness (QED) is 0.752. The van der Waals surface area contributed by atoms with E-state index in [0.29, 0.717) is 5.56 Å². The van der Waals surface area contributed by atoms with Crippen molar-refractivity contribution in [3.05, 3.63) is 35.6 Å². The summed E-state index contributed by atoms with van der Waals surface area (Å²) in [7, 11) is 0. The molecule has 0 saturated carbocycles. The van der Waals surface area contributed by atoms with Crippen molar-refractivity contribution in [1.29, 1.82) is 0 Å². The van der Waals surface area contributed by atoms with Gasteiger partial charge in [-0.1, -0.05) is 12.1 Å². The van der Waals surface area contributed by atoms with Crippen LogP contribution in [0, 0.1) is 5.82 Å². The Morgan fingerprint density at radius 3 is 2.25 bits per heavy atom. The first-order chi connectivity index (χ1) is 9.56. The number of carbonyl (C=O) groups is 2. The molecule has 0 radical (unpaired) electrons. The lowest BCUT2D eigenvalue weighted by Gasteiger charge is -2.20. The predicted octanol–water partition coefficient (Wildman–Crippen LogP) is 2.35. The second-order valence-corrected chi connectivity index (χ2v) is 3.99. The minimum atomic E-state index is -0.607. The van der Waals surface area contributed by atoms with Crippen molar-refractivity contribution in [3.63, 3.8) is 0 Å². The van der Waals surface area contributed by atoms with Gasteiger partial charge in [0.2, 0.25) is 0 Å². The molecular weight excluding hydrogens is 265 g/mol.